The Bertz CT molecular complexity index is 942. The summed E-state index contributed by atoms with van der Waals surface area (Å²) >= 11 is 0. The molecule has 0 aliphatic heterocycles. The minimum Gasteiger partial charge on any atom is -0.372 e. The van der Waals surface area contributed by atoms with E-state index >= 15 is 0 Å². The molecule has 2 aromatic rings. The van der Waals surface area contributed by atoms with E-state index in [1.54, 1.807) is 0 Å². The maximum atomic E-state index is 13.1. The molecule has 0 atom stereocenters. The van der Waals surface area contributed by atoms with Crippen LogP contribution in [0.5, 0.6) is 0 Å². The molecule has 1 aliphatic carbocycles. The Morgan fingerprint density at radius 2 is 1.06 bits per heavy atom. The second kappa shape index (κ2) is 10.7. The SMILES string of the molecule is CCN(CC)c1ccc(/C=C2\CC/C(=C\c3ccc(N(CC)CC)cc3C)C2=O)c(C)c1. The maximum Gasteiger partial charge on any atom is 0.185 e. The van der Waals surface area contributed by atoms with E-state index < -0.39 is 0 Å². The van der Waals surface area contributed by atoms with Gasteiger partial charge in [0.15, 0.2) is 5.78 Å². The van der Waals surface area contributed by atoms with Crippen LogP contribution in [0.2, 0.25) is 0 Å². The molecule has 2 aromatic carbocycles. The largest absolute Gasteiger partial charge is 0.372 e. The Balaban J connectivity index is 1.81. The third kappa shape index (κ3) is 5.15. The molecule has 0 N–H and O–H groups in total. The van der Waals surface area contributed by atoms with Gasteiger partial charge in [0.2, 0.25) is 0 Å². The van der Waals surface area contributed by atoms with Crippen LogP contribution >= 0.6 is 0 Å². The first-order valence-corrected chi connectivity index (χ1v) is 12.1. The van der Waals surface area contributed by atoms with E-state index in [1.807, 2.05) is 0 Å². The molecule has 0 radical (unpaired) electrons. The van der Waals surface area contributed by atoms with Crippen LogP contribution in [0.1, 0.15) is 62.8 Å². The Labute approximate surface area is 194 Å². The molecule has 170 valence electrons. The van der Waals surface area contributed by atoms with Gasteiger partial charge in [0.1, 0.15) is 0 Å². The standard InChI is InChI=1S/C29H38N2O/c1-7-30(8-2)27-15-13-23(21(5)17-27)19-25-11-12-26(29(25)32)20-24-14-16-28(18-22(24)6)31(9-3)10-4/h13-20H,7-12H2,1-6H3/b25-19+,26-20+. The van der Waals surface area contributed by atoms with Crippen LogP contribution in [0.3, 0.4) is 0 Å². The van der Waals surface area contributed by atoms with Crippen molar-refractivity contribution in [3.05, 3.63) is 69.8 Å². The minimum absolute atomic E-state index is 0.199. The summed E-state index contributed by atoms with van der Waals surface area (Å²) < 4.78 is 0. The molecule has 3 nitrogen and oxygen atoms in total. The highest BCUT2D eigenvalue weighted by molar-refractivity contribution is 6.15. The fraction of sp³-hybridized carbons (Fsp3) is 0.414. The molecule has 0 saturated heterocycles. The Morgan fingerprint density at radius 3 is 1.38 bits per heavy atom. The van der Waals surface area contributed by atoms with Crippen molar-refractivity contribution >= 4 is 29.3 Å². The monoisotopic (exact) mass is 430 g/mol. The van der Waals surface area contributed by atoms with E-state index in [1.165, 1.54) is 22.5 Å². The van der Waals surface area contributed by atoms with Crippen molar-refractivity contribution in [3.63, 3.8) is 0 Å². The van der Waals surface area contributed by atoms with Crippen LogP contribution in [-0.2, 0) is 4.79 Å². The summed E-state index contributed by atoms with van der Waals surface area (Å²) in [6.07, 6.45) is 5.83. The lowest BCUT2D eigenvalue weighted by Gasteiger charge is -2.22. The molecule has 0 spiro atoms. The number of ketones is 1. The van der Waals surface area contributed by atoms with E-state index in [0.717, 1.165) is 61.3 Å². The number of carbonyl (C=O) groups is 1. The lowest BCUT2D eigenvalue weighted by atomic mass is 10.0. The van der Waals surface area contributed by atoms with Crippen LogP contribution < -0.4 is 9.80 Å². The van der Waals surface area contributed by atoms with Gasteiger partial charge in [-0.15, -0.1) is 0 Å². The fourth-order valence-electron chi connectivity index (χ4n) is 4.57. The molecule has 1 saturated carbocycles. The first kappa shape index (κ1) is 23.8. The fourth-order valence-corrected chi connectivity index (χ4v) is 4.57. The van der Waals surface area contributed by atoms with Crippen LogP contribution in [-0.4, -0.2) is 32.0 Å². The quantitative estimate of drug-likeness (QED) is 0.429. The summed E-state index contributed by atoms with van der Waals surface area (Å²) in [6, 6.07) is 13.1. The van der Waals surface area contributed by atoms with Crippen molar-refractivity contribution in [2.75, 3.05) is 36.0 Å². The van der Waals surface area contributed by atoms with Gasteiger partial charge in [-0.3, -0.25) is 4.79 Å². The maximum absolute atomic E-state index is 13.1. The van der Waals surface area contributed by atoms with Crippen molar-refractivity contribution in [3.8, 4) is 0 Å². The molecule has 1 fully saturated rings. The average molecular weight is 431 g/mol. The normalized spacial score (nSPS) is 16.2. The van der Waals surface area contributed by atoms with E-state index in [4.69, 9.17) is 0 Å². The van der Waals surface area contributed by atoms with Crippen LogP contribution in [0.4, 0.5) is 11.4 Å². The van der Waals surface area contributed by atoms with Gasteiger partial charge in [-0.2, -0.15) is 0 Å². The van der Waals surface area contributed by atoms with Gasteiger partial charge >= 0.3 is 0 Å². The van der Waals surface area contributed by atoms with E-state index in [2.05, 4.69) is 99.9 Å². The smallest absolute Gasteiger partial charge is 0.185 e. The lowest BCUT2D eigenvalue weighted by Crippen LogP contribution is -2.21. The molecule has 0 aromatic heterocycles. The molecule has 0 heterocycles. The lowest BCUT2D eigenvalue weighted by molar-refractivity contribution is -0.111. The number of hydrogen-bond donors (Lipinski definition) is 0. The second-order valence-corrected chi connectivity index (χ2v) is 8.59. The highest BCUT2D eigenvalue weighted by atomic mass is 16.1. The van der Waals surface area contributed by atoms with Gasteiger partial charge < -0.3 is 9.80 Å². The number of carbonyl (C=O) groups excluding carboxylic acids is 1. The summed E-state index contributed by atoms with van der Waals surface area (Å²) in [5.41, 5.74) is 9.06. The van der Waals surface area contributed by atoms with Gasteiger partial charge in [0.05, 0.1) is 0 Å². The topological polar surface area (TPSA) is 23.6 Å². The molecule has 0 amide bonds. The molecule has 32 heavy (non-hydrogen) atoms. The third-order valence-corrected chi connectivity index (χ3v) is 6.67. The van der Waals surface area contributed by atoms with Crippen molar-refractivity contribution in [2.45, 2.75) is 54.4 Å². The number of hydrogen-bond acceptors (Lipinski definition) is 3. The highest BCUT2D eigenvalue weighted by Gasteiger charge is 2.23. The number of allylic oxidation sites excluding steroid dienone is 2. The van der Waals surface area contributed by atoms with E-state index in [9.17, 15) is 4.79 Å². The number of benzene rings is 2. The first-order valence-electron chi connectivity index (χ1n) is 12.1. The first-order chi connectivity index (χ1) is 15.4. The van der Waals surface area contributed by atoms with Crippen LogP contribution in [0, 0.1) is 13.8 Å². The Morgan fingerprint density at radius 1 is 0.688 bits per heavy atom. The predicted molar refractivity (Wildman–Crippen MR) is 140 cm³/mol. The summed E-state index contributed by atoms with van der Waals surface area (Å²) in [6.45, 7) is 17.0. The van der Waals surface area contributed by atoms with Gasteiger partial charge in [-0.1, -0.05) is 12.1 Å². The van der Waals surface area contributed by atoms with E-state index in [0.29, 0.717) is 0 Å². The number of Topliss-reactive ketones (excluding diaryl/α,β-unsaturated/α-hetero) is 1. The minimum atomic E-state index is 0.199. The number of aryl methyl sites for hydroxylation is 2. The van der Waals surface area contributed by atoms with Crippen LogP contribution in [0.15, 0.2) is 47.5 Å². The molecule has 0 unspecified atom stereocenters. The molecule has 3 rings (SSSR count). The van der Waals surface area contributed by atoms with Gasteiger partial charge in [-0.05, 0) is 113 Å². The average Bonchev–Trinajstić information content (AvgIpc) is 3.12. The van der Waals surface area contributed by atoms with Crippen molar-refractivity contribution in [1.82, 2.24) is 0 Å². The molecular formula is C29H38N2O. The van der Waals surface area contributed by atoms with Crippen molar-refractivity contribution in [1.29, 1.82) is 0 Å². The predicted octanol–water partition coefficient (Wildman–Crippen LogP) is 6.83. The van der Waals surface area contributed by atoms with Crippen LogP contribution in [0.25, 0.3) is 12.2 Å². The zero-order valence-corrected chi connectivity index (χ0v) is 20.7. The number of anilines is 2. The Hall–Kier alpha value is -2.81. The molecule has 3 heteroatoms. The van der Waals surface area contributed by atoms with Crippen molar-refractivity contribution < 1.29 is 4.79 Å². The molecule has 0 bridgehead atoms. The summed E-state index contributed by atoms with van der Waals surface area (Å²) in [7, 11) is 0. The summed E-state index contributed by atoms with van der Waals surface area (Å²) in [5, 5.41) is 0. The van der Waals surface area contributed by atoms with Gasteiger partial charge in [-0.25, -0.2) is 0 Å². The second-order valence-electron chi connectivity index (χ2n) is 8.59. The molecular weight excluding hydrogens is 392 g/mol. The van der Waals surface area contributed by atoms with Crippen molar-refractivity contribution in [2.24, 2.45) is 0 Å². The number of rotatable bonds is 8. The zero-order chi connectivity index (χ0) is 23.3. The van der Waals surface area contributed by atoms with Gasteiger partial charge in [0, 0.05) is 48.7 Å². The zero-order valence-electron chi connectivity index (χ0n) is 20.7. The van der Waals surface area contributed by atoms with Gasteiger partial charge in [0.25, 0.3) is 0 Å². The third-order valence-electron chi connectivity index (χ3n) is 6.67. The van der Waals surface area contributed by atoms with E-state index in [-0.39, 0.29) is 5.78 Å². The molecule has 1 aliphatic rings. The highest BCUT2D eigenvalue weighted by Crippen LogP contribution is 2.32. The Kier molecular flexibility index (Phi) is 7.95. The number of nitrogens with zero attached hydrogens (tertiary/aromatic N) is 2. The summed E-state index contributed by atoms with van der Waals surface area (Å²) in [5.74, 6) is 0.199. The summed E-state index contributed by atoms with van der Waals surface area (Å²) in [4.78, 5) is 17.8.